The van der Waals surface area contributed by atoms with E-state index in [0.717, 1.165) is 19.3 Å². The highest BCUT2D eigenvalue weighted by molar-refractivity contribution is 9.09. The van der Waals surface area contributed by atoms with Gasteiger partial charge in [-0.15, -0.1) is 0 Å². The fourth-order valence-corrected chi connectivity index (χ4v) is 3.40. The number of benzene rings is 2. The molecule has 2 rings (SSSR count). The monoisotopic (exact) mass is 330 g/mol. The van der Waals surface area contributed by atoms with Crippen LogP contribution in [0.25, 0.3) is 0 Å². The molecule has 0 saturated heterocycles. The Morgan fingerprint density at radius 3 is 2.35 bits per heavy atom. The molecule has 0 bridgehead atoms. The Kier molecular flexibility index (Phi) is 5.42. The van der Waals surface area contributed by atoms with Crippen LogP contribution in [-0.4, -0.2) is 0 Å². The zero-order valence-electron chi connectivity index (χ0n) is 12.6. The van der Waals surface area contributed by atoms with Gasteiger partial charge in [0.05, 0.1) is 0 Å². The molecule has 0 saturated carbocycles. The van der Waals surface area contributed by atoms with Crippen LogP contribution >= 0.6 is 15.9 Å². The summed E-state index contributed by atoms with van der Waals surface area (Å²) >= 11 is 3.91. The largest absolute Gasteiger partial charge is 0.0835 e. The van der Waals surface area contributed by atoms with Crippen molar-refractivity contribution in [3.63, 3.8) is 0 Å². The van der Waals surface area contributed by atoms with Crippen LogP contribution in [0.1, 0.15) is 46.5 Å². The number of rotatable bonds is 5. The number of aryl methyl sites for hydroxylation is 3. The predicted molar refractivity (Wildman–Crippen MR) is 91.7 cm³/mol. The molecule has 0 nitrogen and oxygen atoms in total. The zero-order valence-corrected chi connectivity index (χ0v) is 14.2. The fourth-order valence-electron chi connectivity index (χ4n) is 2.62. The van der Waals surface area contributed by atoms with Crippen molar-refractivity contribution < 1.29 is 0 Å². The smallest absolute Gasteiger partial charge is 0.0438 e. The van der Waals surface area contributed by atoms with Gasteiger partial charge in [-0.05, 0) is 54.0 Å². The average molecular weight is 331 g/mol. The minimum absolute atomic E-state index is 0.394. The Bertz CT molecular complexity index is 572. The molecule has 106 valence electrons. The van der Waals surface area contributed by atoms with Gasteiger partial charge < -0.3 is 0 Å². The van der Waals surface area contributed by atoms with Gasteiger partial charge in [-0.25, -0.2) is 0 Å². The van der Waals surface area contributed by atoms with Crippen molar-refractivity contribution >= 4 is 15.9 Å². The number of alkyl halides is 1. The summed E-state index contributed by atoms with van der Waals surface area (Å²) in [7, 11) is 0. The lowest BCUT2D eigenvalue weighted by Gasteiger charge is -2.17. The summed E-state index contributed by atoms with van der Waals surface area (Å²) in [6.07, 6.45) is 3.24. The summed E-state index contributed by atoms with van der Waals surface area (Å²) in [5, 5.41) is 0. The molecule has 0 aliphatic heterocycles. The van der Waals surface area contributed by atoms with Gasteiger partial charge in [-0.3, -0.25) is 0 Å². The summed E-state index contributed by atoms with van der Waals surface area (Å²) in [6, 6.07) is 15.6. The van der Waals surface area contributed by atoms with Gasteiger partial charge in [0.15, 0.2) is 0 Å². The number of hydrogen-bond acceptors (Lipinski definition) is 0. The first-order chi connectivity index (χ1) is 9.65. The van der Waals surface area contributed by atoms with E-state index in [1.807, 2.05) is 0 Å². The van der Waals surface area contributed by atoms with Crippen LogP contribution in [0, 0.1) is 6.92 Å². The first-order valence-electron chi connectivity index (χ1n) is 7.46. The molecule has 1 unspecified atom stereocenters. The highest BCUT2D eigenvalue weighted by Crippen LogP contribution is 2.31. The van der Waals surface area contributed by atoms with Crippen LogP contribution < -0.4 is 0 Å². The molecule has 0 amide bonds. The van der Waals surface area contributed by atoms with E-state index in [2.05, 4.69) is 79.2 Å². The van der Waals surface area contributed by atoms with Crippen molar-refractivity contribution in [3.05, 3.63) is 70.3 Å². The van der Waals surface area contributed by atoms with E-state index >= 15 is 0 Å². The maximum Gasteiger partial charge on any atom is 0.0438 e. The third-order valence-electron chi connectivity index (χ3n) is 4.00. The quantitative estimate of drug-likeness (QED) is 0.608. The van der Waals surface area contributed by atoms with E-state index in [9.17, 15) is 0 Å². The topological polar surface area (TPSA) is 0 Å². The Labute approximate surface area is 131 Å². The standard InChI is InChI=1S/C19H23Br/c1-4-15-10-11-16(5-2)18(12-15)19(20)13-17-9-7-6-8-14(17)3/h6-12,19H,4-5,13H2,1-3H3. The number of halogens is 1. The minimum atomic E-state index is 0.394. The van der Waals surface area contributed by atoms with E-state index in [-0.39, 0.29) is 0 Å². The SMILES string of the molecule is CCc1ccc(CC)c(C(Br)Cc2ccccc2C)c1. The summed E-state index contributed by atoms with van der Waals surface area (Å²) in [5.74, 6) is 0. The Balaban J connectivity index is 2.28. The molecule has 1 atom stereocenters. The molecule has 0 heterocycles. The molecule has 0 radical (unpaired) electrons. The molecule has 0 spiro atoms. The lowest BCUT2D eigenvalue weighted by Crippen LogP contribution is -2.02. The van der Waals surface area contributed by atoms with Crippen LogP contribution in [0.5, 0.6) is 0 Å². The van der Waals surface area contributed by atoms with E-state index in [1.165, 1.54) is 27.8 Å². The minimum Gasteiger partial charge on any atom is -0.0835 e. The third-order valence-corrected chi connectivity index (χ3v) is 4.81. The molecule has 0 aromatic heterocycles. The fraction of sp³-hybridized carbons (Fsp3) is 0.368. The van der Waals surface area contributed by atoms with Crippen LogP contribution in [-0.2, 0) is 19.3 Å². The van der Waals surface area contributed by atoms with Gasteiger partial charge >= 0.3 is 0 Å². The lowest BCUT2D eigenvalue weighted by molar-refractivity contribution is 0.907. The summed E-state index contributed by atoms with van der Waals surface area (Å²) in [4.78, 5) is 0.394. The predicted octanol–water partition coefficient (Wildman–Crippen LogP) is 5.80. The average Bonchev–Trinajstić information content (AvgIpc) is 2.48. The Morgan fingerprint density at radius 2 is 1.70 bits per heavy atom. The maximum atomic E-state index is 3.91. The molecule has 0 aliphatic carbocycles. The molecule has 2 aromatic carbocycles. The van der Waals surface area contributed by atoms with Crippen LogP contribution in [0.15, 0.2) is 42.5 Å². The summed E-state index contributed by atoms with van der Waals surface area (Å²) in [6.45, 7) is 6.64. The molecule has 0 aliphatic rings. The van der Waals surface area contributed by atoms with Crippen LogP contribution in [0.3, 0.4) is 0 Å². The van der Waals surface area contributed by atoms with Gasteiger partial charge in [0, 0.05) is 4.83 Å². The van der Waals surface area contributed by atoms with Crippen LogP contribution in [0.4, 0.5) is 0 Å². The van der Waals surface area contributed by atoms with E-state index < -0.39 is 0 Å². The van der Waals surface area contributed by atoms with E-state index in [0.29, 0.717) is 4.83 Å². The van der Waals surface area contributed by atoms with Crippen molar-refractivity contribution in [2.24, 2.45) is 0 Å². The van der Waals surface area contributed by atoms with Gasteiger partial charge in [0.2, 0.25) is 0 Å². The van der Waals surface area contributed by atoms with Crippen LogP contribution in [0.2, 0.25) is 0 Å². The molecular formula is C19H23Br. The molecule has 0 fully saturated rings. The Hall–Kier alpha value is -1.08. The van der Waals surface area contributed by atoms with Gasteiger partial charge in [0.1, 0.15) is 0 Å². The molecular weight excluding hydrogens is 308 g/mol. The molecule has 0 N–H and O–H groups in total. The lowest BCUT2D eigenvalue weighted by atomic mass is 9.94. The molecule has 2 aromatic rings. The highest BCUT2D eigenvalue weighted by atomic mass is 79.9. The normalized spacial score (nSPS) is 12.4. The second-order valence-corrected chi connectivity index (χ2v) is 6.44. The maximum absolute atomic E-state index is 3.91. The molecule has 1 heteroatoms. The van der Waals surface area contributed by atoms with Crippen molar-refractivity contribution in [2.45, 2.75) is 44.9 Å². The van der Waals surface area contributed by atoms with Gasteiger partial charge in [-0.1, -0.05) is 72.2 Å². The number of hydrogen-bond donors (Lipinski definition) is 0. The first kappa shape index (κ1) is 15.3. The van der Waals surface area contributed by atoms with Crippen molar-refractivity contribution in [3.8, 4) is 0 Å². The highest BCUT2D eigenvalue weighted by Gasteiger charge is 2.13. The van der Waals surface area contributed by atoms with E-state index in [1.54, 1.807) is 0 Å². The first-order valence-corrected chi connectivity index (χ1v) is 8.37. The Morgan fingerprint density at radius 1 is 0.950 bits per heavy atom. The zero-order chi connectivity index (χ0) is 14.5. The van der Waals surface area contributed by atoms with Crippen molar-refractivity contribution in [2.75, 3.05) is 0 Å². The molecule has 20 heavy (non-hydrogen) atoms. The summed E-state index contributed by atoms with van der Waals surface area (Å²) < 4.78 is 0. The van der Waals surface area contributed by atoms with Gasteiger partial charge in [-0.2, -0.15) is 0 Å². The van der Waals surface area contributed by atoms with E-state index in [4.69, 9.17) is 0 Å². The summed E-state index contributed by atoms with van der Waals surface area (Å²) in [5.41, 5.74) is 7.14. The second kappa shape index (κ2) is 7.08. The van der Waals surface area contributed by atoms with Gasteiger partial charge in [0.25, 0.3) is 0 Å². The second-order valence-electron chi connectivity index (χ2n) is 5.34. The third kappa shape index (κ3) is 3.52. The van der Waals surface area contributed by atoms with Crippen molar-refractivity contribution in [1.29, 1.82) is 0 Å². The van der Waals surface area contributed by atoms with Crippen molar-refractivity contribution in [1.82, 2.24) is 0 Å².